The summed E-state index contributed by atoms with van der Waals surface area (Å²) < 4.78 is 0. The Hall–Kier alpha value is -1.43. The molecule has 0 aliphatic carbocycles. The van der Waals surface area contributed by atoms with Crippen LogP contribution < -0.4 is 16.0 Å². The molecule has 0 aromatic carbocycles. The molecule has 1 saturated heterocycles. The molecule has 0 spiro atoms. The first-order valence-corrected chi connectivity index (χ1v) is 4.41. The summed E-state index contributed by atoms with van der Waals surface area (Å²) in [5, 5.41) is 7.39. The Morgan fingerprint density at radius 3 is 2.86 bits per heavy atom. The molecule has 1 aliphatic rings. The van der Waals surface area contributed by atoms with E-state index >= 15 is 0 Å². The van der Waals surface area contributed by atoms with Gasteiger partial charge in [0.05, 0.1) is 12.6 Å². The van der Waals surface area contributed by atoms with E-state index in [2.05, 4.69) is 16.0 Å². The maximum Gasteiger partial charge on any atom is 0.243 e. The molecular weight excluding hydrogens is 186 g/mol. The quantitative estimate of drug-likeness (QED) is 0.465. The Kier molecular flexibility index (Phi) is 3.58. The molecule has 3 N–H and O–H groups in total. The van der Waals surface area contributed by atoms with Crippen LogP contribution in [0.4, 0.5) is 0 Å². The molecular formula is C8H13N3O3. The molecule has 0 aromatic rings. The molecule has 1 rings (SSSR count). The number of carbonyl (C=O) groups excluding carboxylic acids is 3. The number of likely N-dealkylation sites (N-methyl/N-ethyl adjacent to an activating group) is 1. The van der Waals surface area contributed by atoms with Crippen molar-refractivity contribution < 1.29 is 14.4 Å². The minimum Gasteiger partial charge on any atom is -0.358 e. The van der Waals surface area contributed by atoms with Crippen LogP contribution in [0.15, 0.2) is 0 Å². The molecule has 1 fully saturated rings. The van der Waals surface area contributed by atoms with Crippen LogP contribution in [-0.2, 0) is 14.4 Å². The van der Waals surface area contributed by atoms with E-state index in [1.165, 1.54) is 7.05 Å². The van der Waals surface area contributed by atoms with E-state index < -0.39 is 6.04 Å². The Morgan fingerprint density at radius 2 is 2.29 bits per heavy atom. The molecule has 1 atom stereocenters. The zero-order valence-corrected chi connectivity index (χ0v) is 7.92. The number of piperidine rings is 1. The van der Waals surface area contributed by atoms with Crippen LogP contribution in [0.5, 0.6) is 0 Å². The van der Waals surface area contributed by atoms with Gasteiger partial charge < -0.3 is 5.32 Å². The van der Waals surface area contributed by atoms with E-state index in [4.69, 9.17) is 0 Å². The van der Waals surface area contributed by atoms with Crippen molar-refractivity contribution in [2.24, 2.45) is 0 Å². The molecule has 14 heavy (non-hydrogen) atoms. The van der Waals surface area contributed by atoms with Crippen molar-refractivity contribution in [1.29, 1.82) is 0 Å². The smallest absolute Gasteiger partial charge is 0.243 e. The number of hydrogen-bond donors (Lipinski definition) is 3. The summed E-state index contributed by atoms with van der Waals surface area (Å²) in [6.45, 7) is 0.0861. The van der Waals surface area contributed by atoms with Gasteiger partial charge in [0.2, 0.25) is 17.7 Å². The summed E-state index contributed by atoms with van der Waals surface area (Å²) in [7, 11) is 1.52. The fraction of sp³-hybridized carbons (Fsp3) is 0.625. The lowest BCUT2D eigenvalue weighted by atomic mass is 10.1. The predicted molar refractivity (Wildman–Crippen MR) is 48.2 cm³/mol. The number of imide groups is 1. The van der Waals surface area contributed by atoms with E-state index in [1.54, 1.807) is 0 Å². The van der Waals surface area contributed by atoms with Crippen LogP contribution in [-0.4, -0.2) is 37.4 Å². The van der Waals surface area contributed by atoms with Crippen LogP contribution in [0.2, 0.25) is 0 Å². The van der Waals surface area contributed by atoms with Gasteiger partial charge >= 0.3 is 0 Å². The van der Waals surface area contributed by atoms with Crippen LogP contribution in [0, 0.1) is 0 Å². The second-order valence-corrected chi connectivity index (χ2v) is 3.06. The van der Waals surface area contributed by atoms with E-state index in [9.17, 15) is 14.4 Å². The number of hydrogen-bond acceptors (Lipinski definition) is 4. The average molecular weight is 199 g/mol. The van der Waals surface area contributed by atoms with Crippen molar-refractivity contribution in [2.45, 2.75) is 18.9 Å². The molecule has 1 aliphatic heterocycles. The second-order valence-electron chi connectivity index (χ2n) is 3.06. The summed E-state index contributed by atoms with van der Waals surface area (Å²) in [4.78, 5) is 32.8. The van der Waals surface area contributed by atoms with Crippen molar-refractivity contribution in [3.8, 4) is 0 Å². The van der Waals surface area contributed by atoms with Crippen molar-refractivity contribution in [2.75, 3.05) is 13.6 Å². The van der Waals surface area contributed by atoms with Crippen LogP contribution in [0.1, 0.15) is 12.8 Å². The van der Waals surface area contributed by atoms with Gasteiger partial charge in [-0.15, -0.1) is 0 Å². The summed E-state index contributed by atoms with van der Waals surface area (Å²) in [6.07, 6.45) is 0.763. The molecule has 3 amide bonds. The highest BCUT2D eigenvalue weighted by Crippen LogP contribution is 2.03. The summed E-state index contributed by atoms with van der Waals surface area (Å²) >= 11 is 0. The highest BCUT2D eigenvalue weighted by atomic mass is 16.2. The Balaban J connectivity index is 2.34. The van der Waals surface area contributed by atoms with Gasteiger partial charge in [-0.25, -0.2) is 0 Å². The fourth-order valence-corrected chi connectivity index (χ4v) is 1.19. The lowest BCUT2D eigenvalue weighted by Crippen LogP contribution is -2.52. The van der Waals surface area contributed by atoms with Gasteiger partial charge in [0.1, 0.15) is 0 Å². The Bertz CT molecular complexity index is 265. The molecule has 1 unspecified atom stereocenters. The average Bonchev–Trinajstić information content (AvgIpc) is 2.16. The van der Waals surface area contributed by atoms with Gasteiger partial charge in [-0.2, -0.15) is 0 Å². The maximum atomic E-state index is 11.2. The van der Waals surface area contributed by atoms with E-state index in [-0.39, 0.29) is 24.3 Å². The minimum absolute atomic E-state index is 0.0861. The Morgan fingerprint density at radius 1 is 1.57 bits per heavy atom. The summed E-state index contributed by atoms with van der Waals surface area (Å²) in [6, 6.07) is -0.440. The van der Waals surface area contributed by atoms with Crippen molar-refractivity contribution in [3.63, 3.8) is 0 Å². The van der Waals surface area contributed by atoms with Crippen molar-refractivity contribution in [3.05, 3.63) is 0 Å². The highest BCUT2D eigenvalue weighted by molar-refractivity contribution is 6.00. The first-order valence-electron chi connectivity index (χ1n) is 4.41. The number of rotatable bonds is 3. The molecule has 0 saturated carbocycles. The first kappa shape index (κ1) is 10.6. The molecule has 6 heteroatoms. The summed E-state index contributed by atoms with van der Waals surface area (Å²) in [5.41, 5.74) is 0. The third-order valence-electron chi connectivity index (χ3n) is 2.03. The number of carbonyl (C=O) groups is 3. The van der Waals surface area contributed by atoms with E-state index in [0.717, 1.165) is 0 Å². The Labute approximate surface area is 81.4 Å². The first-order chi connectivity index (χ1) is 6.63. The van der Waals surface area contributed by atoms with Gasteiger partial charge in [-0.3, -0.25) is 25.0 Å². The zero-order chi connectivity index (χ0) is 10.6. The van der Waals surface area contributed by atoms with Crippen molar-refractivity contribution in [1.82, 2.24) is 16.0 Å². The number of nitrogens with one attached hydrogen (secondary N) is 3. The van der Waals surface area contributed by atoms with E-state index in [1.807, 2.05) is 0 Å². The standard InChI is InChI=1S/C8H13N3O3/c1-9-7(13)4-10-5-2-3-6(12)11-8(5)14/h5,10H,2-4H2,1H3,(H,9,13)(H,11,12,14). The van der Waals surface area contributed by atoms with Gasteiger partial charge in [-0.05, 0) is 6.42 Å². The molecule has 0 radical (unpaired) electrons. The minimum atomic E-state index is -0.440. The zero-order valence-electron chi connectivity index (χ0n) is 7.92. The van der Waals surface area contributed by atoms with Crippen LogP contribution in [0.25, 0.3) is 0 Å². The van der Waals surface area contributed by atoms with Crippen LogP contribution in [0.3, 0.4) is 0 Å². The van der Waals surface area contributed by atoms with E-state index in [0.29, 0.717) is 12.8 Å². The van der Waals surface area contributed by atoms with Crippen molar-refractivity contribution >= 4 is 17.7 Å². The maximum absolute atomic E-state index is 11.2. The fourth-order valence-electron chi connectivity index (χ4n) is 1.19. The molecule has 78 valence electrons. The SMILES string of the molecule is CNC(=O)CNC1CCC(=O)NC1=O. The molecule has 0 bridgehead atoms. The monoisotopic (exact) mass is 199 g/mol. The number of amides is 3. The van der Waals surface area contributed by atoms with Crippen LogP contribution >= 0.6 is 0 Å². The van der Waals surface area contributed by atoms with Gasteiger partial charge in [0, 0.05) is 13.5 Å². The lowest BCUT2D eigenvalue weighted by Gasteiger charge is -2.21. The third kappa shape index (κ3) is 2.81. The molecule has 1 heterocycles. The lowest BCUT2D eigenvalue weighted by molar-refractivity contribution is -0.134. The van der Waals surface area contributed by atoms with Gasteiger partial charge in [0.25, 0.3) is 0 Å². The normalized spacial score (nSPS) is 21.6. The summed E-state index contributed by atoms with van der Waals surface area (Å²) in [5.74, 6) is -0.798. The topological polar surface area (TPSA) is 87.3 Å². The third-order valence-corrected chi connectivity index (χ3v) is 2.03. The molecule has 0 aromatic heterocycles. The highest BCUT2D eigenvalue weighted by Gasteiger charge is 2.26. The predicted octanol–water partition coefficient (Wildman–Crippen LogP) is -1.87. The van der Waals surface area contributed by atoms with Gasteiger partial charge in [0.15, 0.2) is 0 Å². The molecule has 6 nitrogen and oxygen atoms in total. The largest absolute Gasteiger partial charge is 0.358 e. The second kappa shape index (κ2) is 4.71. The van der Waals surface area contributed by atoms with Gasteiger partial charge in [-0.1, -0.05) is 0 Å².